The molecule has 12 heteroatoms. The van der Waals surface area contributed by atoms with Gasteiger partial charge in [0.25, 0.3) is 0 Å². The molecule has 0 N–H and O–H groups in total. The molecule has 9 nitrogen and oxygen atoms in total. The largest absolute Gasteiger partial charge is 0.413 e. The van der Waals surface area contributed by atoms with E-state index in [0.29, 0.717) is 69.5 Å². The Bertz CT molecular complexity index is 1450. The zero-order valence-corrected chi connectivity index (χ0v) is 44.5. The molecule has 0 amide bonds. The highest BCUT2D eigenvalue weighted by Crippen LogP contribution is 2.58. The number of benzene rings is 1. The van der Waals surface area contributed by atoms with E-state index in [1.54, 1.807) is 0 Å². The van der Waals surface area contributed by atoms with Gasteiger partial charge in [0.1, 0.15) is 36.6 Å². The lowest BCUT2D eigenvalue weighted by Gasteiger charge is -2.52. The molecular weight excluding hydrogens is 805 g/mol. The third-order valence-corrected chi connectivity index (χ3v) is 33.5. The van der Waals surface area contributed by atoms with Gasteiger partial charge in [-0.25, -0.2) is 0 Å². The average Bonchev–Trinajstić information content (AvgIpc) is 3.64. The van der Waals surface area contributed by atoms with Crippen molar-refractivity contribution in [3.63, 3.8) is 0 Å². The summed E-state index contributed by atoms with van der Waals surface area (Å²) in [5.41, 5.74) is 4.61. The van der Waals surface area contributed by atoms with E-state index in [1.165, 1.54) is 0 Å². The van der Waals surface area contributed by atoms with E-state index in [0.717, 1.165) is 5.56 Å². The minimum atomic E-state index is -2.48. The fraction of sp³-hybridized carbons (Fsp3) is 0.875. The van der Waals surface area contributed by atoms with Gasteiger partial charge in [-0.1, -0.05) is 155 Å². The van der Waals surface area contributed by atoms with E-state index in [4.69, 9.17) is 41.7 Å². The van der Waals surface area contributed by atoms with Gasteiger partial charge in [-0.2, -0.15) is 0 Å². The highest BCUT2D eigenvalue weighted by molar-refractivity contribution is 6.78. The molecule has 0 aliphatic carbocycles. The molecule has 60 heavy (non-hydrogen) atoms. The van der Waals surface area contributed by atoms with Gasteiger partial charge in [0.2, 0.25) is 22.4 Å². The standard InChI is InChI=1S/C48H88O9Si3/c1-29(2)58(30(3)4,31(5)6)50-28-40-42(56-59(32(7)8,33(9)10)34(11)12)43(57-60(35(13)14,36(15)16)37(17)18)45-48(52-40,54-45)26-39-41(49-27-38-24-22-21-23-25-38)44-46(51-39)55-47(19,20)53-44/h21-25,29-37,39-46H,26-28H2,1-20H3/t39-,40-,41+,42-,43+,44-,45?,46-,48?/m1/s1. The molecule has 1 aromatic carbocycles. The zero-order valence-electron chi connectivity index (χ0n) is 41.5. The maximum Gasteiger partial charge on any atom is 0.201 e. The normalized spacial score (nSPS) is 31.0. The lowest BCUT2D eigenvalue weighted by atomic mass is 9.93. The number of ether oxygens (including phenoxy) is 6. The molecule has 0 saturated carbocycles. The van der Waals surface area contributed by atoms with Crippen molar-refractivity contribution in [3.8, 4) is 0 Å². The first-order chi connectivity index (χ1) is 27.8. The van der Waals surface area contributed by atoms with Crippen molar-refractivity contribution >= 4 is 25.0 Å². The smallest absolute Gasteiger partial charge is 0.201 e. The van der Waals surface area contributed by atoms with Crippen LogP contribution in [0.15, 0.2) is 30.3 Å². The van der Waals surface area contributed by atoms with Crippen molar-refractivity contribution in [3.05, 3.63) is 35.9 Å². The van der Waals surface area contributed by atoms with Crippen LogP contribution in [0.5, 0.6) is 0 Å². The summed E-state index contributed by atoms with van der Waals surface area (Å²) in [4.78, 5) is 0. The summed E-state index contributed by atoms with van der Waals surface area (Å²) < 4.78 is 64.6. The minimum Gasteiger partial charge on any atom is -0.413 e. The first-order valence-electron chi connectivity index (χ1n) is 23.8. The molecule has 2 unspecified atom stereocenters. The van der Waals surface area contributed by atoms with Crippen molar-refractivity contribution in [2.45, 2.75) is 262 Å². The molecule has 4 aliphatic heterocycles. The quantitative estimate of drug-likeness (QED) is 0.0884. The van der Waals surface area contributed by atoms with E-state index < -0.39 is 61.1 Å². The predicted octanol–water partition coefficient (Wildman–Crippen LogP) is 12.6. The summed E-state index contributed by atoms with van der Waals surface area (Å²) in [7, 11) is -7.26. The number of rotatable bonds is 21. The molecule has 4 aliphatic rings. The van der Waals surface area contributed by atoms with E-state index in [1.807, 2.05) is 32.0 Å². The van der Waals surface area contributed by atoms with Gasteiger partial charge >= 0.3 is 0 Å². The summed E-state index contributed by atoms with van der Waals surface area (Å²) in [5.74, 6) is -1.76. The molecule has 9 atom stereocenters. The maximum absolute atomic E-state index is 8.01. The number of hydrogen-bond donors (Lipinski definition) is 0. The Labute approximate surface area is 369 Å². The fourth-order valence-electron chi connectivity index (χ4n) is 12.9. The Morgan fingerprint density at radius 2 is 1.00 bits per heavy atom. The van der Waals surface area contributed by atoms with Gasteiger partial charge in [-0.05, 0) is 69.3 Å². The van der Waals surface area contributed by atoms with Gasteiger partial charge in [-0.15, -0.1) is 0 Å². The minimum absolute atomic E-state index is 0.348. The third kappa shape index (κ3) is 9.44. The number of hydrogen-bond acceptors (Lipinski definition) is 9. The third-order valence-electron chi connectivity index (χ3n) is 15.2. The van der Waals surface area contributed by atoms with E-state index in [2.05, 4.69) is 137 Å². The zero-order chi connectivity index (χ0) is 44.9. The van der Waals surface area contributed by atoms with Crippen LogP contribution in [0, 0.1) is 0 Å². The van der Waals surface area contributed by atoms with Crippen molar-refractivity contribution in [2.75, 3.05) is 6.61 Å². The lowest BCUT2D eigenvalue weighted by Crippen LogP contribution is -2.65. The van der Waals surface area contributed by atoms with Crippen LogP contribution in [0.2, 0.25) is 49.9 Å². The first-order valence-corrected chi connectivity index (χ1v) is 30.3. The summed E-state index contributed by atoms with van der Waals surface area (Å²) in [6, 6.07) is 10.3. The Kier molecular flexibility index (Phi) is 16.1. The second-order valence-corrected chi connectivity index (χ2v) is 38.3. The maximum atomic E-state index is 8.01. The van der Waals surface area contributed by atoms with Gasteiger partial charge in [0, 0.05) is 6.42 Å². The number of fused-ring (bicyclic) bond motifs is 2. The van der Waals surface area contributed by atoms with Gasteiger partial charge in [0.05, 0.1) is 19.3 Å². The predicted molar refractivity (Wildman–Crippen MR) is 250 cm³/mol. The molecule has 4 heterocycles. The SMILES string of the molecule is CC(C)[Si](OC[C@H]1OC2(C[C@H]3O[C@@H]4OC(C)(C)O[C@@H]4[C@H]3OCc3ccccc3)OC2[C@@H](O[Si](C(C)C)(C(C)C)C(C)C)[C@@H]1O[Si](C(C)C)(C(C)C)C(C)C)(C(C)C)C(C)C. The van der Waals surface area contributed by atoms with Crippen LogP contribution in [0.1, 0.15) is 150 Å². The number of epoxide rings is 1. The van der Waals surface area contributed by atoms with E-state index >= 15 is 0 Å². The van der Waals surface area contributed by atoms with Crippen LogP contribution >= 0.6 is 0 Å². The van der Waals surface area contributed by atoms with Crippen LogP contribution in [0.25, 0.3) is 0 Å². The fourth-order valence-corrected chi connectivity index (χ4v) is 29.5. The van der Waals surface area contributed by atoms with E-state index in [-0.39, 0.29) is 24.4 Å². The topological polar surface area (TPSA) is 86.4 Å². The molecule has 0 radical (unpaired) electrons. The molecule has 0 aromatic heterocycles. The van der Waals surface area contributed by atoms with Crippen molar-refractivity contribution < 1.29 is 41.7 Å². The summed E-state index contributed by atoms with van der Waals surface area (Å²) >= 11 is 0. The van der Waals surface area contributed by atoms with Gasteiger partial charge in [-0.3, -0.25) is 0 Å². The van der Waals surface area contributed by atoms with Crippen molar-refractivity contribution in [2.24, 2.45) is 0 Å². The van der Waals surface area contributed by atoms with Crippen LogP contribution in [0.4, 0.5) is 0 Å². The second kappa shape index (κ2) is 19.2. The summed E-state index contributed by atoms with van der Waals surface area (Å²) in [6.45, 7) is 47.3. The van der Waals surface area contributed by atoms with Crippen LogP contribution in [-0.2, 0) is 48.3 Å². The molecule has 346 valence electrons. The Morgan fingerprint density at radius 1 is 0.533 bits per heavy atom. The van der Waals surface area contributed by atoms with Gasteiger partial charge in [0.15, 0.2) is 20.4 Å². The van der Waals surface area contributed by atoms with E-state index in [9.17, 15) is 0 Å². The highest BCUT2D eigenvalue weighted by atomic mass is 28.4. The second-order valence-electron chi connectivity index (χ2n) is 22.0. The Hall–Kier alpha value is -0.489. The molecule has 4 saturated heterocycles. The molecular formula is C48H88O9Si3. The molecule has 0 bridgehead atoms. The van der Waals surface area contributed by atoms with Crippen molar-refractivity contribution in [1.82, 2.24) is 0 Å². The Morgan fingerprint density at radius 3 is 1.47 bits per heavy atom. The summed E-state index contributed by atoms with van der Waals surface area (Å²) in [6.07, 6.45) is -2.79. The Balaban J connectivity index is 1.63. The van der Waals surface area contributed by atoms with Crippen LogP contribution in [0.3, 0.4) is 0 Å². The average molecular weight is 893 g/mol. The molecule has 0 spiro atoms. The monoisotopic (exact) mass is 893 g/mol. The van der Waals surface area contributed by atoms with Gasteiger partial charge < -0.3 is 41.7 Å². The van der Waals surface area contributed by atoms with Crippen LogP contribution < -0.4 is 0 Å². The first kappa shape index (κ1) is 50.5. The lowest BCUT2D eigenvalue weighted by molar-refractivity contribution is -0.233. The summed E-state index contributed by atoms with van der Waals surface area (Å²) in [5, 5.41) is 0. The van der Waals surface area contributed by atoms with Crippen molar-refractivity contribution in [1.29, 1.82) is 0 Å². The highest BCUT2D eigenvalue weighted by Gasteiger charge is 2.73. The molecule has 1 aromatic rings. The molecule has 4 fully saturated rings. The molecule has 5 rings (SSSR count). The van der Waals surface area contributed by atoms with Crippen LogP contribution in [-0.4, -0.2) is 92.2 Å².